The third kappa shape index (κ3) is 1.97. The van der Waals surface area contributed by atoms with Crippen LogP contribution in [0.1, 0.15) is 27.2 Å². The lowest BCUT2D eigenvalue weighted by Gasteiger charge is -2.05. The second-order valence-corrected chi connectivity index (χ2v) is 4.86. The summed E-state index contributed by atoms with van der Waals surface area (Å²) in [5, 5.41) is 9.09. The minimum absolute atomic E-state index is 0.190. The van der Waals surface area contributed by atoms with Crippen molar-refractivity contribution < 1.29 is 14.3 Å². The average Bonchev–Trinajstić information content (AvgIpc) is 2.99. The van der Waals surface area contributed by atoms with Crippen LogP contribution in [0.2, 0.25) is 0 Å². The lowest BCUT2D eigenvalue weighted by molar-refractivity contribution is 0.0694. The van der Waals surface area contributed by atoms with E-state index in [1.165, 1.54) is 23.5 Å². The Morgan fingerprint density at radius 1 is 1.35 bits per heavy atom. The van der Waals surface area contributed by atoms with Gasteiger partial charge in [-0.3, -0.25) is 0 Å². The Labute approximate surface area is 115 Å². The fourth-order valence-corrected chi connectivity index (χ4v) is 2.25. The van der Waals surface area contributed by atoms with E-state index in [9.17, 15) is 4.79 Å². The number of rotatable bonds is 3. The summed E-state index contributed by atoms with van der Waals surface area (Å²) >= 11 is 0. The van der Waals surface area contributed by atoms with Crippen LogP contribution in [-0.2, 0) is 6.54 Å². The molecule has 0 aliphatic carbocycles. The molecule has 5 heteroatoms. The topological polar surface area (TPSA) is 68.3 Å². The highest BCUT2D eigenvalue weighted by Gasteiger charge is 2.15. The van der Waals surface area contributed by atoms with Gasteiger partial charge in [-0.1, -0.05) is 0 Å². The molecule has 2 heterocycles. The van der Waals surface area contributed by atoms with Crippen molar-refractivity contribution in [3.8, 4) is 0 Å². The van der Waals surface area contributed by atoms with Crippen molar-refractivity contribution in [3.63, 3.8) is 0 Å². The first-order valence-corrected chi connectivity index (χ1v) is 6.28. The van der Waals surface area contributed by atoms with Gasteiger partial charge < -0.3 is 14.1 Å². The molecule has 20 heavy (non-hydrogen) atoms. The summed E-state index contributed by atoms with van der Waals surface area (Å²) < 4.78 is 7.17. The van der Waals surface area contributed by atoms with Gasteiger partial charge in [0.2, 0.25) is 0 Å². The molecule has 0 fully saturated rings. The molecule has 0 unspecified atom stereocenters. The van der Waals surface area contributed by atoms with Gasteiger partial charge in [0.1, 0.15) is 11.3 Å². The summed E-state index contributed by atoms with van der Waals surface area (Å²) in [6.07, 6.45) is 3.10. The number of imidazole rings is 1. The summed E-state index contributed by atoms with van der Waals surface area (Å²) in [5.74, 6) is -0.555. The summed E-state index contributed by atoms with van der Waals surface area (Å²) in [5.41, 5.74) is 4.43. The van der Waals surface area contributed by atoms with Crippen molar-refractivity contribution in [2.75, 3.05) is 0 Å². The Morgan fingerprint density at radius 2 is 2.10 bits per heavy atom. The van der Waals surface area contributed by atoms with Crippen LogP contribution >= 0.6 is 0 Å². The van der Waals surface area contributed by atoms with Gasteiger partial charge in [-0.2, -0.15) is 0 Å². The second-order valence-electron chi connectivity index (χ2n) is 4.86. The van der Waals surface area contributed by atoms with Gasteiger partial charge in [0, 0.05) is 0 Å². The number of fused-ring (bicyclic) bond motifs is 1. The normalized spacial score (nSPS) is 11.1. The fraction of sp³-hybridized carbons (Fsp3) is 0.200. The van der Waals surface area contributed by atoms with Crippen LogP contribution in [0.5, 0.6) is 0 Å². The molecule has 5 nitrogen and oxygen atoms in total. The molecule has 0 aliphatic heterocycles. The molecule has 0 radical (unpaired) electrons. The molecule has 3 aromatic rings. The van der Waals surface area contributed by atoms with E-state index in [-0.39, 0.29) is 5.56 Å². The molecule has 0 amide bonds. The summed E-state index contributed by atoms with van der Waals surface area (Å²) in [6.45, 7) is 4.44. The molecule has 0 atom stereocenters. The standard InChI is InChI=1S/C15H14N2O3/c1-9-5-12-13(6-10(9)2)17(8-16-12)7-14-11(15(18)19)3-4-20-14/h3-6,8H,7H2,1-2H3,(H,18,19). The molecule has 0 spiro atoms. The van der Waals surface area contributed by atoms with Crippen LogP contribution in [0.25, 0.3) is 11.0 Å². The third-order valence-electron chi connectivity index (χ3n) is 3.53. The van der Waals surface area contributed by atoms with Crippen molar-refractivity contribution in [3.05, 3.63) is 53.2 Å². The number of hydrogen-bond acceptors (Lipinski definition) is 3. The van der Waals surface area contributed by atoms with E-state index < -0.39 is 5.97 Å². The first-order chi connectivity index (χ1) is 9.56. The highest BCUT2D eigenvalue weighted by Crippen LogP contribution is 2.20. The predicted molar refractivity (Wildman–Crippen MR) is 74.0 cm³/mol. The quantitative estimate of drug-likeness (QED) is 0.794. The zero-order valence-electron chi connectivity index (χ0n) is 11.3. The number of benzene rings is 1. The number of aryl methyl sites for hydroxylation is 2. The zero-order chi connectivity index (χ0) is 14.3. The lowest BCUT2D eigenvalue weighted by atomic mass is 10.1. The number of furan rings is 1. The van der Waals surface area contributed by atoms with Crippen LogP contribution in [0.4, 0.5) is 0 Å². The van der Waals surface area contributed by atoms with Crippen LogP contribution in [0, 0.1) is 13.8 Å². The molecule has 0 saturated heterocycles. The lowest BCUT2D eigenvalue weighted by Crippen LogP contribution is -2.04. The van der Waals surface area contributed by atoms with E-state index in [1.807, 2.05) is 24.5 Å². The maximum atomic E-state index is 11.1. The molecule has 102 valence electrons. The fourth-order valence-electron chi connectivity index (χ4n) is 2.25. The van der Waals surface area contributed by atoms with Crippen LogP contribution in [0.15, 0.2) is 35.2 Å². The number of hydrogen-bond donors (Lipinski definition) is 1. The van der Waals surface area contributed by atoms with Gasteiger partial charge in [0.15, 0.2) is 0 Å². The third-order valence-corrected chi connectivity index (χ3v) is 3.53. The maximum Gasteiger partial charge on any atom is 0.339 e. The van der Waals surface area contributed by atoms with Crippen molar-refractivity contribution in [2.24, 2.45) is 0 Å². The van der Waals surface area contributed by atoms with Crippen molar-refractivity contribution >= 4 is 17.0 Å². The predicted octanol–water partition coefficient (Wildman–Crippen LogP) is 2.99. The molecule has 0 saturated carbocycles. The molecular formula is C15H14N2O3. The summed E-state index contributed by atoms with van der Waals surface area (Å²) in [6, 6.07) is 5.55. The highest BCUT2D eigenvalue weighted by atomic mass is 16.4. The van der Waals surface area contributed by atoms with Gasteiger partial charge >= 0.3 is 5.97 Å². The minimum atomic E-state index is -0.981. The first-order valence-electron chi connectivity index (χ1n) is 6.28. The number of carboxylic acid groups (broad SMARTS) is 1. The van der Waals surface area contributed by atoms with E-state index in [1.54, 1.807) is 6.33 Å². The number of aromatic nitrogens is 2. The Morgan fingerprint density at radius 3 is 2.85 bits per heavy atom. The molecule has 0 aliphatic rings. The van der Waals surface area contributed by atoms with E-state index in [2.05, 4.69) is 11.1 Å². The maximum absolute atomic E-state index is 11.1. The van der Waals surface area contributed by atoms with Gasteiger partial charge in [0.25, 0.3) is 0 Å². The number of carboxylic acids is 1. The van der Waals surface area contributed by atoms with E-state index in [0.29, 0.717) is 12.3 Å². The number of carbonyl (C=O) groups is 1. The van der Waals surface area contributed by atoms with Crippen LogP contribution in [0.3, 0.4) is 0 Å². The Hall–Kier alpha value is -2.56. The summed E-state index contributed by atoms with van der Waals surface area (Å²) in [4.78, 5) is 15.4. The molecular weight excluding hydrogens is 256 g/mol. The van der Waals surface area contributed by atoms with E-state index >= 15 is 0 Å². The monoisotopic (exact) mass is 270 g/mol. The molecule has 2 aromatic heterocycles. The molecule has 1 aromatic carbocycles. The van der Waals surface area contributed by atoms with Gasteiger partial charge in [-0.15, -0.1) is 0 Å². The van der Waals surface area contributed by atoms with E-state index in [4.69, 9.17) is 9.52 Å². The highest BCUT2D eigenvalue weighted by molar-refractivity contribution is 5.88. The number of nitrogens with zero attached hydrogens (tertiary/aromatic N) is 2. The average molecular weight is 270 g/mol. The van der Waals surface area contributed by atoms with Crippen LogP contribution < -0.4 is 0 Å². The molecule has 1 N–H and O–H groups in total. The smallest absolute Gasteiger partial charge is 0.339 e. The first kappa shape index (κ1) is 12.5. The Kier molecular flexibility index (Phi) is 2.82. The van der Waals surface area contributed by atoms with Crippen molar-refractivity contribution in [2.45, 2.75) is 20.4 Å². The number of aromatic carboxylic acids is 1. The largest absolute Gasteiger partial charge is 0.478 e. The van der Waals surface area contributed by atoms with E-state index in [0.717, 1.165) is 11.0 Å². The molecule has 0 bridgehead atoms. The Balaban J connectivity index is 2.05. The van der Waals surface area contributed by atoms with Crippen molar-refractivity contribution in [1.29, 1.82) is 0 Å². The SMILES string of the molecule is Cc1cc2ncn(Cc3occc3C(=O)O)c2cc1C. The minimum Gasteiger partial charge on any atom is -0.478 e. The van der Waals surface area contributed by atoms with Gasteiger partial charge in [-0.05, 0) is 43.2 Å². The van der Waals surface area contributed by atoms with Gasteiger partial charge in [-0.25, -0.2) is 9.78 Å². The molecule has 3 rings (SSSR count). The zero-order valence-corrected chi connectivity index (χ0v) is 11.3. The van der Waals surface area contributed by atoms with Gasteiger partial charge in [0.05, 0.1) is 30.2 Å². The summed E-state index contributed by atoms with van der Waals surface area (Å²) in [7, 11) is 0. The van der Waals surface area contributed by atoms with Crippen LogP contribution in [-0.4, -0.2) is 20.6 Å². The van der Waals surface area contributed by atoms with Crippen molar-refractivity contribution in [1.82, 2.24) is 9.55 Å². The second kappa shape index (κ2) is 4.52. The Bertz CT molecular complexity index is 799.